The maximum atomic E-state index is 12.3. The third kappa shape index (κ3) is 4.02. The Labute approximate surface area is 123 Å². The van der Waals surface area contributed by atoms with E-state index in [2.05, 4.69) is 20.0 Å². The molecule has 0 fully saturated rings. The zero-order chi connectivity index (χ0) is 15.3. The molecule has 0 aliphatic carbocycles. The number of sulfonamides is 1. The number of nitrogens with one attached hydrogen (secondary N) is 2. The van der Waals surface area contributed by atoms with Crippen molar-refractivity contribution in [1.29, 1.82) is 0 Å². The molecule has 0 aliphatic rings. The quantitative estimate of drug-likeness (QED) is 0.807. The van der Waals surface area contributed by atoms with Gasteiger partial charge in [0.15, 0.2) is 0 Å². The van der Waals surface area contributed by atoms with Crippen molar-refractivity contribution in [3.63, 3.8) is 0 Å². The molecule has 21 heavy (non-hydrogen) atoms. The molecule has 0 aromatic carbocycles. The second-order valence-electron chi connectivity index (χ2n) is 4.49. The van der Waals surface area contributed by atoms with E-state index in [4.69, 9.17) is 4.42 Å². The van der Waals surface area contributed by atoms with Crippen molar-refractivity contribution in [2.24, 2.45) is 0 Å². The van der Waals surface area contributed by atoms with Gasteiger partial charge in [0.1, 0.15) is 10.7 Å². The van der Waals surface area contributed by atoms with Crippen LogP contribution in [0.15, 0.2) is 34.0 Å². The minimum Gasteiger partial charge on any atom is -0.445 e. The lowest BCUT2D eigenvalue weighted by atomic mass is 10.4. The monoisotopic (exact) mass is 310 g/mol. The molecule has 0 unspecified atom stereocenters. The van der Waals surface area contributed by atoms with E-state index in [1.807, 2.05) is 6.92 Å². The first kappa shape index (κ1) is 15.5. The van der Waals surface area contributed by atoms with Gasteiger partial charge in [-0.3, -0.25) is 4.98 Å². The van der Waals surface area contributed by atoms with Crippen molar-refractivity contribution >= 4 is 15.7 Å². The Morgan fingerprint density at radius 3 is 2.81 bits per heavy atom. The van der Waals surface area contributed by atoms with E-state index in [0.29, 0.717) is 23.9 Å². The van der Waals surface area contributed by atoms with Crippen molar-refractivity contribution in [1.82, 2.24) is 14.7 Å². The Bertz CT molecular complexity index is 697. The number of anilines is 1. The second kappa shape index (κ2) is 6.68. The molecule has 0 bridgehead atoms. The van der Waals surface area contributed by atoms with Gasteiger partial charge in [-0.2, -0.15) is 0 Å². The fourth-order valence-corrected chi connectivity index (χ4v) is 2.82. The molecule has 2 rings (SSSR count). The lowest BCUT2D eigenvalue weighted by Crippen LogP contribution is -2.24. The molecule has 2 N–H and O–H groups in total. The number of rotatable bonds is 7. The molecule has 0 radical (unpaired) electrons. The third-order valence-electron chi connectivity index (χ3n) is 2.72. The summed E-state index contributed by atoms with van der Waals surface area (Å²) < 4.78 is 32.4. The van der Waals surface area contributed by atoms with Gasteiger partial charge in [0.2, 0.25) is 15.9 Å². The molecule has 7 nitrogen and oxygen atoms in total. The van der Waals surface area contributed by atoms with E-state index in [9.17, 15) is 8.42 Å². The molecule has 0 aliphatic heterocycles. The fourth-order valence-electron chi connectivity index (χ4n) is 1.72. The first-order chi connectivity index (χ1) is 10.0. The minimum atomic E-state index is -3.69. The molecule has 114 valence electrons. The molecular formula is C13H18N4O3S. The summed E-state index contributed by atoms with van der Waals surface area (Å²) in [5, 5.41) is 3.07. The van der Waals surface area contributed by atoms with Gasteiger partial charge in [-0.25, -0.2) is 18.1 Å². The van der Waals surface area contributed by atoms with Gasteiger partial charge in [0.25, 0.3) is 0 Å². The number of aryl methyl sites for hydroxylation is 1. The minimum absolute atomic E-state index is 0.00170. The van der Waals surface area contributed by atoms with Gasteiger partial charge in [-0.1, -0.05) is 6.92 Å². The predicted molar refractivity (Wildman–Crippen MR) is 78.3 cm³/mol. The lowest BCUT2D eigenvalue weighted by molar-refractivity contribution is 0.463. The number of pyridine rings is 1. The summed E-state index contributed by atoms with van der Waals surface area (Å²) in [4.78, 5) is 7.95. The van der Waals surface area contributed by atoms with Gasteiger partial charge in [-0.05, 0) is 19.4 Å². The van der Waals surface area contributed by atoms with E-state index in [0.717, 1.165) is 6.42 Å². The van der Waals surface area contributed by atoms with Crippen LogP contribution in [0.4, 0.5) is 5.69 Å². The van der Waals surface area contributed by atoms with Crippen LogP contribution in [0.1, 0.15) is 25.0 Å². The fraction of sp³-hybridized carbons (Fsp3) is 0.385. The molecule has 0 spiro atoms. The summed E-state index contributed by atoms with van der Waals surface area (Å²) in [6, 6.07) is 1.64. The molecule has 0 atom stereocenters. The van der Waals surface area contributed by atoms with Gasteiger partial charge in [0, 0.05) is 18.9 Å². The molecule has 2 heterocycles. The Morgan fingerprint density at radius 2 is 2.14 bits per heavy atom. The Balaban J connectivity index is 2.15. The first-order valence-corrected chi connectivity index (χ1v) is 8.10. The molecular weight excluding hydrogens is 292 g/mol. The highest BCUT2D eigenvalue weighted by atomic mass is 32.2. The van der Waals surface area contributed by atoms with Crippen LogP contribution in [-0.2, 0) is 16.6 Å². The summed E-state index contributed by atoms with van der Waals surface area (Å²) in [7, 11) is -3.69. The summed E-state index contributed by atoms with van der Waals surface area (Å²) in [6.07, 6.45) is 5.31. The number of hydrogen-bond acceptors (Lipinski definition) is 6. The Morgan fingerprint density at radius 1 is 1.33 bits per heavy atom. The highest BCUT2D eigenvalue weighted by molar-refractivity contribution is 7.89. The van der Waals surface area contributed by atoms with E-state index >= 15 is 0 Å². The lowest BCUT2D eigenvalue weighted by Gasteiger charge is -2.11. The van der Waals surface area contributed by atoms with E-state index in [-0.39, 0.29) is 11.4 Å². The highest BCUT2D eigenvalue weighted by Gasteiger charge is 2.19. The molecule has 2 aromatic heterocycles. The van der Waals surface area contributed by atoms with Crippen molar-refractivity contribution in [2.45, 2.75) is 31.7 Å². The predicted octanol–water partition coefficient (Wildman–Crippen LogP) is 1.68. The first-order valence-electron chi connectivity index (χ1n) is 6.62. The van der Waals surface area contributed by atoms with Crippen LogP contribution in [0.3, 0.4) is 0 Å². The molecule has 0 saturated heterocycles. The third-order valence-corrected chi connectivity index (χ3v) is 4.15. The zero-order valence-electron chi connectivity index (χ0n) is 12.0. The summed E-state index contributed by atoms with van der Waals surface area (Å²) >= 11 is 0. The van der Waals surface area contributed by atoms with E-state index < -0.39 is 10.0 Å². The highest BCUT2D eigenvalue weighted by Crippen LogP contribution is 2.19. The average molecular weight is 310 g/mol. The van der Waals surface area contributed by atoms with Gasteiger partial charge >= 0.3 is 0 Å². The van der Waals surface area contributed by atoms with Crippen LogP contribution < -0.4 is 10.0 Å². The summed E-state index contributed by atoms with van der Waals surface area (Å²) in [5.74, 6) is 0.957. The standard InChI is InChI=1S/C13H18N4O3S/c1-3-5-15-11-4-6-14-8-12(11)21(18,19)17-9-13-16-7-10(2)20-13/h4,6-8,17H,3,5,9H2,1-2H3,(H,14,15). The van der Waals surface area contributed by atoms with E-state index in [1.54, 1.807) is 25.4 Å². The SMILES string of the molecule is CCCNc1ccncc1S(=O)(=O)NCc1ncc(C)o1. The van der Waals surface area contributed by atoms with Crippen LogP contribution in [0.2, 0.25) is 0 Å². The van der Waals surface area contributed by atoms with Crippen LogP contribution in [0.5, 0.6) is 0 Å². The molecule has 2 aromatic rings. The van der Waals surface area contributed by atoms with Crippen molar-refractivity contribution in [3.05, 3.63) is 36.3 Å². The number of nitrogens with zero attached hydrogens (tertiary/aromatic N) is 2. The Hall–Kier alpha value is -1.93. The topological polar surface area (TPSA) is 97.1 Å². The largest absolute Gasteiger partial charge is 0.445 e. The summed E-state index contributed by atoms with van der Waals surface area (Å²) in [5.41, 5.74) is 0.530. The summed E-state index contributed by atoms with van der Waals surface area (Å²) in [6.45, 7) is 4.44. The number of hydrogen-bond donors (Lipinski definition) is 2. The van der Waals surface area contributed by atoms with Crippen LogP contribution in [0.25, 0.3) is 0 Å². The van der Waals surface area contributed by atoms with Crippen LogP contribution in [0, 0.1) is 6.92 Å². The van der Waals surface area contributed by atoms with Crippen molar-refractivity contribution < 1.29 is 12.8 Å². The second-order valence-corrected chi connectivity index (χ2v) is 6.22. The zero-order valence-corrected chi connectivity index (χ0v) is 12.8. The maximum Gasteiger partial charge on any atom is 0.244 e. The molecule has 8 heteroatoms. The Kier molecular flexibility index (Phi) is 4.92. The van der Waals surface area contributed by atoms with Gasteiger partial charge < -0.3 is 9.73 Å². The van der Waals surface area contributed by atoms with Crippen molar-refractivity contribution in [2.75, 3.05) is 11.9 Å². The van der Waals surface area contributed by atoms with Crippen LogP contribution >= 0.6 is 0 Å². The molecule has 0 saturated carbocycles. The molecule has 0 amide bonds. The number of oxazole rings is 1. The van der Waals surface area contributed by atoms with Gasteiger partial charge in [0.05, 0.1) is 18.4 Å². The normalized spacial score (nSPS) is 11.5. The smallest absolute Gasteiger partial charge is 0.244 e. The van der Waals surface area contributed by atoms with Crippen LogP contribution in [-0.4, -0.2) is 24.9 Å². The number of aromatic nitrogens is 2. The van der Waals surface area contributed by atoms with Crippen molar-refractivity contribution in [3.8, 4) is 0 Å². The van der Waals surface area contributed by atoms with E-state index in [1.165, 1.54) is 6.20 Å². The average Bonchev–Trinajstić information content (AvgIpc) is 2.89. The van der Waals surface area contributed by atoms with Gasteiger partial charge in [-0.15, -0.1) is 0 Å². The maximum absolute atomic E-state index is 12.3.